The summed E-state index contributed by atoms with van der Waals surface area (Å²) in [5, 5.41) is 19.3. The van der Waals surface area contributed by atoms with Crippen molar-refractivity contribution in [3.63, 3.8) is 0 Å². The van der Waals surface area contributed by atoms with Crippen LogP contribution in [0, 0.1) is 27.3 Å². The number of esters is 1. The number of nitriles is 1. The van der Waals surface area contributed by atoms with Crippen LogP contribution in [0.5, 0.6) is 0 Å². The van der Waals surface area contributed by atoms with E-state index in [1.165, 1.54) is 6.07 Å². The zero-order valence-electron chi connectivity index (χ0n) is 9.47. The molecule has 0 atom stereocenters. The molecule has 94 valence electrons. The Labute approximate surface area is 102 Å². The lowest BCUT2D eigenvalue weighted by atomic mass is 10.1. The van der Waals surface area contributed by atoms with Crippen molar-refractivity contribution in [3.8, 4) is 6.07 Å². The fraction of sp³-hybridized carbons (Fsp3) is 0.273. The minimum absolute atomic E-state index is 0.138. The molecule has 0 aliphatic heterocycles. The molecule has 7 heteroatoms. The van der Waals surface area contributed by atoms with E-state index in [2.05, 4.69) is 4.74 Å². The van der Waals surface area contributed by atoms with Gasteiger partial charge in [0.15, 0.2) is 0 Å². The van der Waals surface area contributed by atoms with Crippen LogP contribution in [-0.2, 0) is 16.0 Å². The first-order valence-electron chi connectivity index (χ1n) is 5.02. The third-order valence-corrected chi connectivity index (χ3v) is 2.12. The predicted molar refractivity (Wildman–Crippen MR) is 58.1 cm³/mol. The summed E-state index contributed by atoms with van der Waals surface area (Å²) >= 11 is 0. The van der Waals surface area contributed by atoms with Crippen LogP contribution in [0.25, 0.3) is 0 Å². The van der Waals surface area contributed by atoms with Crippen molar-refractivity contribution in [1.82, 2.24) is 0 Å². The molecular weight excluding hydrogens is 243 g/mol. The summed E-state index contributed by atoms with van der Waals surface area (Å²) in [4.78, 5) is 21.0. The highest BCUT2D eigenvalue weighted by Crippen LogP contribution is 2.22. The Morgan fingerprint density at radius 3 is 2.78 bits per heavy atom. The lowest BCUT2D eigenvalue weighted by molar-refractivity contribution is -0.385. The van der Waals surface area contributed by atoms with Gasteiger partial charge < -0.3 is 4.74 Å². The average molecular weight is 252 g/mol. The van der Waals surface area contributed by atoms with E-state index in [4.69, 9.17) is 5.26 Å². The van der Waals surface area contributed by atoms with E-state index in [1.807, 2.05) is 0 Å². The highest BCUT2D eigenvalue weighted by atomic mass is 19.1. The van der Waals surface area contributed by atoms with Gasteiger partial charge in [-0.2, -0.15) is 5.26 Å². The van der Waals surface area contributed by atoms with Gasteiger partial charge in [0.2, 0.25) is 0 Å². The van der Waals surface area contributed by atoms with Gasteiger partial charge in [-0.15, -0.1) is 0 Å². The zero-order chi connectivity index (χ0) is 13.7. The van der Waals surface area contributed by atoms with E-state index in [9.17, 15) is 19.3 Å². The van der Waals surface area contributed by atoms with Crippen molar-refractivity contribution >= 4 is 11.7 Å². The summed E-state index contributed by atoms with van der Waals surface area (Å²) in [5.41, 5.74) is -1.08. The monoisotopic (exact) mass is 252 g/mol. The summed E-state index contributed by atoms with van der Waals surface area (Å²) in [6.07, 6.45) is -0.410. The molecule has 0 aromatic heterocycles. The van der Waals surface area contributed by atoms with Gasteiger partial charge in [-0.3, -0.25) is 14.9 Å². The molecule has 1 aromatic carbocycles. The topological polar surface area (TPSA) is 93.2 Å². The summed E-state index contributed by atoms with van der Waals surface area (Å²) in [6, 6.07) is 3.15. The number of nitrogens with zero attached hydrogens (tertiary/aromatic N) is 2. The number of rotatable bonds is 4. The summed E-state index contributed by atoms with van der Waals surface area (Å²) in [7, 11) is 0. The highest BCUT2D eigenvalue weighted by Gasteiger charge is 2.19. The number of ether oxygens (including phenoxy) is 1. The van der Waals surface area contributed by atoms with Gasteiger partial charge in [0, 0.05) is 11.6 Å². The molecule has 0 saturated carbocycles. The Kier molecular flexibility index (Phi) is 4.32. The van der Waals surface area contributed by atoms with Crippen LogP contribution in [-0.4, -0.2) is 17.5 Å². The molecule has 1 aromatic rings. The third-order valence-electron chi connectivity index (χ3n) is 2.12. The maximum absolute atomic E-state index is 13.5. The number of carbonyl (C=O) groups is 1. The number of halogens is 1. The van der Waals surface area contributed by atoms with Crippen LogP contribution < -0.4 is 0 Å². The summed E-state index contributed by atoms with van der Waals surface area (Å²) in [5.74, 6) is -1.53. The predicted octanol–water partition coefficient (Wildman–Crippen LogP) is 1.71. The molecule has 0 radical (unpaired) electrons. The van der Waals surface area contributed by atoms with Crippen molar-refractivity contribution in [3.05, 3.63) is 39.2 Å². The molecule has 0 aliphatic carbocycles. The number of nitro groups is 1. The maximum Gasteiger partial charge on any atom is 0.310 e. The SMILES string of the molecule is CCOC(=O)Cc1cc([N+](=O)[O-])c(C#N)cc1F. The third kappa shape index (κ3) is 3.01. The molecule has 0 bridgehead atoms. The lowest BCUT2D eigenvalue weighted by Crippen LogP contribution is -2.09. The van der Waals surface area contributed by atoms with Crippen LogP contribution in [0.15, 0.2) is 12.1 Å². The summed E-state index contributed by atoms with van der Waals surface area (Å²) < 4.78 is 18.1. The van der Waals surface area contributed by atoms with E-state index >= 15 is 0 Å². The Hall–Kier alpha value is -2.49. The minimum Gasteiger partial charge on any atom is -0.466 e. The fourth-order valence-electron chi connectivity index (χ4n) is 1.35. The second kappa shape index (κ2) is 5.72. The number of benzene rings is 1. The van der Waals surface area contributed by atoms with Crippen LogP contribution in [0.3, 0.4) is 0 Å². The molecule has 0 N–H and O–H groups in total. The molecule has 0 saturated heterocycles. The van der Waals surface area contributed by atoms with Gasteiger partial charge in [-0.1, -0.05) is 0 Å². The largest absolute Gasteiger partial charge is 0.466 e. The molecule has 0 heterocycles. The zero-order valence-corrected chi connectivity index (χ0v) is 9.47. The van der Waals surface area contributed by atoms with Crippen molar-refractivity contribution in [1.29, 1.82) is 5.26 Å². The van der Waals surface area contributed by atoms with Crippen LogP contribution >= 0.6 is 0 Å². The Morgan fingerprint density at radius 2 is 2.28 bits per heavy atom. The van der Waals surface area contributed by atoms with Gasteiger partial charge in [-0.25, -0.2) is 4.39 Å². The van der Waals surface area contributed by atoms with Gasteiger partial charge in [0.05, 0.1) is 18.0 Å². The van der Waals surface area contributed by atoms with Crippen molar-refractivity contribution < 1.29 is 18.8 Å². The van der Waals surface area contributed by atoms with Crippen LogP contribution in [0.2, 0.25) is 0 Å². The smallest absolute Gasteiger partial charge is 0.310 e. The maximum atomic E-state index is 13.5. The van der Waals surface area contributed by atoms with E-state index in [-0.39, 0.29) is 17.7 Å². The number of carbonyl (C=O) groups excluding carboxylic acids is 1. The highest BCUT2D eigenvalue weighted by molar-refractivity contribution is 5.73. The molecule has 0 aliphatic rings. The first-order chi connectivity index (χ1) is 8.49. The molecule has 18 heavy (non-hydrogen) atoms. The second-order valence-corrected chi connectivity index (χ2v) is 3.31. The molecular formula is C11H9FN2O4. The molecule has 0 fully saturated rings. The fourth-order valence-corrected chi connectivity index (χ4v) is 1.35. The Bertz CT molecular complexity index is 537. The van der Waals surface area contributed by atoms with Crippen molar-refractivity contribution in [2.75, 3.05) is 6.61 Å². The minimum atomic E-state index is -0.842. The molecule has 0 spiro atoms. The van der Waals surface area contributed by atoms with Gasteiger partial charge in [0.25, 0.3) is 5.69 Å². The van der Waals surface area contributed by atoms with E-state index < -0.39 is 28.8 Å². The Balaban J connectivity index is 3.14. The Morgan fingerprint density at radius 1 is 1.61 bits per heavy atom. The summed E-state index contributed by atoms with van der Waals surface area (Å²) in [6.45, 7) is 1.73. The number of hydrogen-bond acceptors (Lipinski definition) is 5. The van der Waals surface area contributed by atoms with Gasteiger partial charge >= 0.3 is 5.97 Å². The van der Waals surface area contributed by atoms with Gasteiger partial charge in [0.1, 0.15) is 17.4 Å². The molecule has 6 nitrogen and oxygen atoms in total. The lowest BCUT2D eigenvalue weighted by Gasteiger charge is -2.04. The second-order valence-electron chi connectivity index (χ2n) is 3.31. The van der Waals surface area contributed by atoms with E-state index in [0.717, 1.165) is 12.1 Å². The quantitative estimate of drug-likeness (QED) is 0.462. The first kappa shape index (κ1) is 13.6. The number of hydrogen-bond donors (Lipinski definition) is 0. The normalized spacial score (nSPS) is 9.61. The molecule has 0 unspecified atom stereocenters. The standard InChI is InChI=1S/C11H9FN2O4/c1-2-18-11(15)5-7-4-10(14(16)17)8(6-13)3-9(7)12/h3-4H,2,5H2,1H3. The first-order valence-corrected chi connectivity index (χ1v) is 5.02. The number of nitro benzene ring substituents is 1. The van der Waals surface area contributed by atoms with E-state index in [1.54, 1.807) is 6.92 Å². The van der Waals surface area contributed by atoms with Gasteiger partial charge in [-0.05, 0) is 13.0 Å². The van der Waals surface area contributed by atoms with Crippen LogP contribution in [0.1, 0.15) is 18.1 Å². The van der Waals surface area contributed by atoms with Crippen LogP contribution in [0.4, 0.5) is 10.1 Å². The molecule has 0 amide bonds. The van der Waals surface area contributed by atoms with E-state index in [0.29, 0.717) is 0 Å². The average Bonchev–Trinajstić information content (AvgIpc) is 2.31. The van der Waals surface area contributed by atoms with Crippen molar-refractivity contribution in [2.24, 2.45) is 0 Å². The van der Waals surface area contributed by atoms with Crippen molar-refractivity contribution in [2.45, 2.75) is 13.3 Å². The molecule has 1 rings (SSSR count).